The molecule has 1 aliphatic heterocycles. The molecule has 1 saturated heterocycles. The third kappa shape index (κ3) is 2.28. The van der Waals surface area contributed by atoms with Crippen LogP contribution in [0.4, 0.5) is 0 Å². The van der Waals surface area contributed by atoms with Crippen molar-refractivity contribution in [3.63, 3.8) is 0 Å². The van der Waals surface area contributed by atoms with E-state index in [-0.39, 0.29) is 0 Å². The summed E-state index contributed by atoms with van der Waals surface area (Å²) in [5.74, 6) is 4.44. The molecule has 6 atom stereocenters. The molecule has 0 radical (unpaired) electrons. The van der Waals surface area contributed by atoms with E-state index >= 15 is 0 Å². The van der Waals surface area contributed by atoms with E-state index in [9.17, 15) is 4.79 Å². The molecule has 4 unspecified atom stereocenters. The van der Waals surface area contributed by atoms with Gasteiger partial charge < -0.3 is 10.6 Å². The molecule has 4 rings (SSSR count). The van der Waals surface area contributed by atoms with Gasteiger partial charge in [0.25, 0.3) is 0 Å². The highest BCUT2D eigenvalue weighted by atomic mass is 16.2. The number of likely N-dealkylation sites (tertiary alicyclic amines) is 1. The van der Waals surface area contributed by atoms with Gasteiger partial charge in [0.05, 0.1) is 0 Å². The van der Waals surface area contributed by atoms with Crippen LogP contribution in [0, 0.1) is 29.6 Å². The summed E-state index contributed by atoms with van der Waals surface area (Å²) >= 11 is 0. The molecule has 20 heavy (non-hydrogen) atoms. The quantitative estimate of drug-likeness (QED) is 0.842. The Kier molecular flexibility index (Phi) is 3.29. The van der Waals surface area contributed by atoms with Gasteiger partial charge in [-0.2, -0.15) is 0 Å². The minimum Gasteiger partial charge on any atom is -0.342 e. The lowest BCUT2D eigenvalue weighted by Gasteiger charge is -2.27. The standard InChI is InChI=1S/C17H28N2O/c18-16-4-3-13-9-19(10-15(13)7-16)17(20)8-14-6-11-1-2-12(14)5-11/h11-16H,1-10,18H2/t11?,12?,13-,14?,15+,16?/m1/s1. The predicted molar refractivity (Wildman–Crippen MR) is 78.9 cm³/mol. The first kappa shape index (κ1) is 13.1. The number of fused-ring (bicyclic) bond motifs is 3. The molecule has 3 heteroatoms. The molecule has 2 bridgehead atoms. The van der Waals surface area contributed by atoms with Crippen LogP contribution < -0.4 is 5.73 Å². The van der Waals surface area contributed by atoms with Gasteiger partial charge >= 0.3 is 0 Å². The van der Waals surface area contributed by atoms with Crippen molar-refractivity contribution in [2.75, 3.05) is 13.1 Å². The monoisotopic (exact) mass is 276 g/mol. The zero-order valence-electron chi connectivity index (χ0n) is 12.5. The second-order valence-electron chi connectivity index (χ2n) is 8.03. The molecule has 4 aliphatic rings. The Labute approximate surface area is 122 Å². The van der Waals surface area contributed by atoms with Gasteiger partial charge in [0.15, 0.2) is 0 Å². The summed E-state index contributed by atoms with van der Waals surface area (Å²) in [6.07, 6.45) is 9.96. The van der Waals surface area contributed by atoms with E-state index in [0.29, 0.717) is 23.8 Å². The molecule has 3 nitrogen and oxygen atoms in total. The third-order valence-electron chi connectivity index (χ3n) is 6.76. The molecular weight excluding hydrogens is 248 g/mol. The number of hydrogen-bond donors (Lipinski definition) is 1. The zero-order valence-corrected chi connectivity index (χ0v) is 12.5. The van der Waals surface area contributed by atoms with Gasteiger partial charge in [-0.1, -0.05) is 6.42 Å². The maximum Gasteiger partial charge on any atom is 0.222 e. The Bertz CT molecular complexity index is 396. The predicted octanol–water partition coefficient (Wildman–Crippen LogP) is 2.40. The topological polar surface area (TPSA) is 46.3 Å². The van der Waals surface area contributed by atoms with Gasteiger partial charge in [0.1, 0.15) is 0 Å². The van der Waals surface area contributed by atoms with Crippen molar-refractivity contribution in [3.8, 4) is 0 Å². The largest absolute Gasteiger partial charge is 0.342 e. The van der Waals surface area contributed by atoms with Crippen molar-refractivity contribution in [1.29, 1.82) is 0 Å². The Balaban J connectivity index is 1.33. The summed E-state index contributed by atoms with van der Waals surface area (Å²) in [5.41, 5.74) is 6.08. The summed E-state index contributed by atoms with van der Waals surface area (Å²) in [7, 11) is 0. The van der Waals surface area contributed by atoms with Crippen molar-refractivity contribution < 1.29 is 4.79 Å². The summed E-state index contributed by atoms with van der Waals surface area (Å²) < 4.78 is 0. The highest BCUT2D eigenvalue weighted by Crippen LogP contribution is 2.50. The lowest BCUT2D eigenvalue weighted by Crippen LogP contribution is -2.32. The van der Waals surface area contributed by atoms with E-state index in [1.165, 1.54) is 32.1 Å². The first-order chi connectivity index (χ1) is 9.69. The number of carbonyl (C=O) groups excluding carboxylic acids is 1. The lowest BCUT2D eigenvalue weighted by atomic mass is 9.79. The molecule has 1 amide bonds. The summed E-state index contributed by atoms with van der Waals surface area (Å²) in [5, 5.41) is 0. The van der Waals surface area contributed by atoms with Crippen LogP contribution in [0.2, 0.25) is 0 Å². The number of amides is 1. The zero-order chi connectivity index (χ0) is 13.7. The molecule has 0 aromatic rings. The number of carbonyl (C=O) groups is 1. The summed E-state index contributed by atoms with van der Waals surface area (Å²) in [4.78, 5) is 14.8. The van der Waals surface area contributed by atoms with Crippen LogP contribution in [0.5, 0.6) is 0 Å². The van der Waals surface area contributed by atoms with Crippen molar-refractivity contribution in [1.82, 2.24) is 4.90 Å². The molecule has 3 saturated carbocycles. The molecule has 0 spiro atoms. The van der Waals surface area contributed by atoms with Gasteiger partial charge in [-0.15, -0.1) is 0 Å². The fourth-order valence-corrected chi connectivity index (χ4v) is 5.65. The van der Waals surface area contributed by atoms with E-state index in [1.54, 1.807) is 0 Å². The van der Waals surface area contributed by atoms with Crippen LogP contribution in [-0.2, 0) is 4.79 Å². The Morgan fingerprint density at radius 3 is 2.50 bits per heavy atom. The van der Waals surface area contributed by atoms with Crippen LogP contribution in [0.15, 0.2) is 0 Å². The Morgan fingerprint density at radius 1 is 0.950 bits per heavy atom. The van der Waals surface area contributed by atoms with Crippen molar-refractivity contribution in [2.45, 2.75) is 57.4 Å². The van der Waals surface area contributed by atoms with Gasteiger partial charge in [-0.25, -0.2) is 0 Å². The van der Waals surface area contributed by atoms with Gasteiger partial charge in [-0.3, -0.25) is 4.79 Å². The molecule has 0 aromatic carbocycles. The van der Waals surface area contributed by atoms with Gasteiger partial charge in [0, 0.05) is 25.6 Å². The van der Waals surface area contributed by atoms with Crippen LogP contribution >= 0.6 is 0 Å². The second kappa shape index (κ2) is 5.01. The maximum atomic E-state index is 12.6. The smallest absolute Gasteiger partial charge is 0.222 e. The van der Waals surface area contributed by atoms with E-state index in [2.05, 4.69) is 4.90 Å². The normalized spacial score (nSPS) is 46.8. The lowest BCUT2D eigenvalue weighted by molar-refractivity contribution is -0.131. The third-order valence-corrected chi connectivity index (χ3v) is 6.76. The number of hydrogen-bond acceptors (Lipinski definition) is 2. The summed E-state index contributed by atoms with van der Waals surface area (Å²) in [6.45, 7) is 2.02. The van der Waals surface area contributed by atoms with Crippen molar-refractivity contribution >= 4 is 5.91 Å². The Hall–Kier alpha value is -0.570. The van der Waals surface area contributed by atoms with Crippen LogP contribution in [0.25, 0.3) is 0 Å². The van der Waals surface area contributed by atoms with Crippen LogP contribution in [-0.4, -0.2) is 29.9 Å². The van der Waals surface area contributed by atoms with Crippen molar-refractivity contribution in [2.24, 2.45) is 35.3 Å². The van der Waals surface area contributed by atoms with E-state index < -0.39 is 0 Å². The number of nitrogens with zero attached hydrogens (tertiary/aromatic N) is 1. The highest BCUT2D eigenvalue weighted by molar-refractivity contribution is 5.77. The van der Waals surface area contributed by atoms with Crippen molar-refractivity contribution in [3.05, 3.63) is 0 Å². The van der Waals surface area contributed by atoms with E-state index in [1.807, 2.05) is 0 Å². The van der Waals surface area contributed by atoms with Crippen LogP contribution in [0.1, 0.15) is 51.4 Å². The van der Waals surface area contributed by atoms with Gasteiger partial charge in [0.2, 0.25) is 5.91 Å². The molecule has 3 aliphatic carbocycles. The summed E-state index contributed by atoms with van der Waals surface area (Å²) in [6, 6.07) is 0.386. The van der Waals surface area contributed by atoms with Gasteiger partial charge in [-0.05, 0) is 68.1 Å². The molecule has 2 N–H and O–H groups in total. The van der Waals surface area contributed by atoms with Crippen LogP contribution in [0.3, 0.4) is 0 Å². The maximum absolute atomic E-state index is 12.6. The molecule has 112 valence electrons. The van der Waals surface area contributed by atoms with E-state index in [0.717, 1.165) is 50.1 Å². The second-order valence-corrected chi connectivity index (χ2v) is 8.03. The fraction of sp³-hybridized carbons (Fsp3) is 0.941. The average Bonchev–Trinajstić information content (AvgIpc) is 3.11. The first-order valence-corrected chi connectivity index (χ1v) is 8.72. The minimum absolute atomic E-state index is 0.386. The Morgan fingerprint density at radius 2 is 1.75 bits per heavy atom. The first-order valence-electron chi connectivity index (χ1n) is 8.72. The number of nitrogens with two attached hydrogens (primary N) is 1. The fourth-order valence-electron chi connectivity index (χ4n) is 5.65. The average molecular weight is 276 g/mol. The molecule has 4 fully saturated rings. The molecule has 0 aromatic heterocycles. The number of rotatable bonds is 2. The van der Waals surface area contributed by atoms with E-state index in [4.69, 9.17) is 5.73 Å². The molecule has 1 heterocycles. The SMILES string of the molecule is NC1CC[C@@H]2CN(C(=O)CC3CC4CCC3C4)C[C@@H]2C1. The highest BCUT2D eigenvalue weighted by Gasteiger charge is 2.43. The molecular formula is C17H28N2O. The minimum atomic E-state index is 0.386.